The molecule has 20 heavy (non-hydrogen) atoms. The average molecular weight is 275 g/mol. The van der Waals surface area contributed by atoms with Gasteiger partial charge in [-0.2, -0.15) is 5.26 Å². The summed E-state index contributed by atoms with van der Waals surface area (Å²) in [5.74, 6) is 0.294. The van der Waals surface area contributed by atoms with Crippen LogP contribution in [-0.4, -0.2) is 33.3 Å². The number of nitrogens with one attached hydrogen (secondary N) is 2. The number of amides is 1. The Bertz CT molecular complexity index is 503. The molecule has 0 fully saturated rings. The first-order valence-electron chi connectivity index (χ1n) is 5.99. The van der Waals surface area contributed by atoms with Gasteiger partial charge in [0.05, 0.1) is 13.7 Å². The van der Waals surface area contributed by atoms with Crippen LogP contribution in [0.3, 0.4) is 0 Å². The maximum atomic E-state index is 11.7. The van der Waals surface area contributed by atoms with Gasteiger partial charge in [-0.3, -0.25) is 4.79 Å². The van der Waals surface area contributed by atoms with Crippen LogP contribution in [0.25, 0.3) is 0 Å². The highest BCUT2D eigenvalue weighted by Crippen LogP contribution is 2.15. The summed E-state index contributed by atoms with van der Waals surface area (Å²) >= 11 is 0. The number of ether oxygens (including phenoxy) is 2. The van der Waals surface area contributed by atoms with E-state index in [9.17, 15) is 4.79 Å². The van der Waals surface area contributed by atoms with E-state index in [1.54, 1.807) is 38.5 Å². The van der Waals surface area contributed by atoms with Crippen LogP contribution in [0.15, 0.2) is 36.0 Å². The minimum absolute atomic E-state index is 0.00285. The maximum absolute atomic E-state index is 11.7. The molecule has 1 aromatic carbocycles. The van der Waals surface area contributed by atoms with Gasteiger partial charge >= 0.3 is 0 Å². The van der Waals surface area contributed by atoms with Crippen molar-refractivity contribution in [2.75, 3.05) is 32.7 Å². The fourth-order valence-corrected chi connectivity index (χ4v) is 1.35. The molecule has 0 aromatic heterocycles. The summed E-state index contributed by atoms with van der Waals surface area (Å²) in [7, 11) is 3.12. The molecule has 6 nitrogen and oxygen atoms in total. The lowest BCUT2D eigenvalue weighted by molar-refractivity contribution is -0.117. The first kappa shape index (κ1) is 15.5. The largest absolute Gasteiger partial charge is 0.497 e. The molecule has 0 unspecified atom stereocenters. The molecule has 0 bridgehead atoms. The van der Waals surface area contributed by atoms with E-state index < -0.39 is 5.91 Å². The van der Waals surface area contributed by atoms with Gasteiger partial charge in [-0.15, -0.1) is 0 Å². The monoisotopic (exact) mass is 275 g/mol. The van der Waals surface area contributed by atoms with Crippen molar-refractivity contribution in [1.29, 1.82) is 5.26 Å². The first-order valence-corrected chi connectivity index (χ1v) is 5.99. The number of nitrogens with zero attached hydrogens (tertiary/aromatic N) is 1. The van der Waals surface area contributed by atoms with Crippen molar-refractivity contribution in [3.05, 3.63) is 36.0 Å². The number of rotatable bonds is 7. The van der Waals surface area contributed by atoms with Gasteiger partial charge in [0.15, 0.2) is 0 Å². The van der Waals surface area contributed by atoms with Crippen LogP contribution in [0.1, 0.15) is 0 Å². The van der Waals surface area contributed by atoms with E-state index in [2.05, 4.69) is 10.6 Å². The molecular formula is C14H17N3O3. The minimum Gasteiger partial charge on any atom is -0.497 e. The lowest BCUT2D eigenvalue weighted by Gasteiger charge is -2.05. The van der Waals surface area contributed by atoms with Crippen molar-refractivity contribution in [2.45, 2.75) is 0 Å². The minimum atomic E-state index is -0.439. The number of nitriles is 1. The summed E-state index contributed by atoms with van der Waals surface area (Å²) in [5, 5.41) is 14.4. The zero-order chi connectivity index (χ0) is 14.8. The van der Waals surface area contributed by atoms with Crippen LogP contribution in [0, 0.1) is 11.3 Å². The molecule has 6 heteroatoms. The van der Waals surface area contributed by atoms with Gasteiger partial charge in [0, 0.05) is 25.5 Å². The predicted octanol–water partition coefficient (Wildman–Crippen LogP) is 1.28. The molecule has 0 saturated heterocycles. The van der Waals surface area contributed by atoms with E-state index in [0.717, 1.165) is 11.4 Å². The summed E-state index contributed by atoms with van der Waals surface area (Å²) in [6.45, 7) is 0.757. The van der Waals surface area contributed by atoms with Gasteiger partial charge in [0.25, 0.3) is 5.91 Å². The fourth-order valence-electron chi connectivity index (χ4n) is 1.35. The third kappa shape index (κ3) is 5.00. The third-order valence-corrected chi connectivity index (χ3v) is 2.43. The number of carbonyl (C=O) groups excluding carboxylic acids is 1. The topological polar surface area (TPSA) is 83.4 Å². The van der Waals surface area contributed by atoms with Gasteiger partial charge in [-0.1, -0.05) is 0 Å². The molecule has 1 rings (SSSR count). The van der Waals surface area contributed by atoms with E-state index in [-0.39, 0.29) is 5.57 Å². The highest BCUT2D eigenvalue weighted by molar-refractivity contribution is 5.97. The van der Waals surface area contributed by atoms with E-state index in [1.165, 1.54) is 6.20 Å². The van der Waals surface area contributed by atoms with E-state index in [1.807, 2.05) is 6.07 Å². The van der Waals surface area contributed by atoms with E-state index >= 15 is 0 Å². The van der Waals surface area contributed by atoms with Crippen LogP contribution < -0.4 is 15.4 Å². The predicted molar refractivity (Wildman–Crippen MR) is 75.2 cm³/mol. The Morgan fingerprint density at radius 2 is 2.05 bits per heavy atom. The van der Waals surface area contributed by atoms with Crippen LogP contribution in [0.4, 0.5) is 5.69 Å². The number of carbonyl (C=O) groups is 1. The zero-order valence-corrected chi connectivity index (χ0v) is 11.5. The second kappa shape index (κ2) is 8.56. The summed E-state index contributed by atoms with van der Waals surface area (Å²) in [5.41, 5.74) is 0.750. The molecule has 0 heterocycles. The molecule has 0 spiro atoms. The standard InChI is InChI=1S/C14H17N3O3/c1-19-8-7-16-14(18)11(9-15)10-17-12-3-5-13(20-2)6-4-12/h3-6,10,17H,7-8H2,1-2H3,(H,16,18)/b11-10-. The number of anilines is 1. The lowest BCUT2D eigenvalue weighted by Crippen LogP contribution is -2.28. The highest BCUT2D eigenvalue weighted by Gasteiger charge is 2.07. The fraction of sp³-hybridized carbons (Fsp3) is 0.286. The highest BCUT2D eigenvalue weighted by atomic mass is 16.5. The maximum Gasteiger partial charge on any atom is 0.263 e. The van der Waals surface area contributed by atoms with Crippen molar-refractivity contribution in [3.8, 4) is 11.8 Å². The molecule has 106 valence electrons. The molecule has 0 radical (unpaired) electrons. The molecule has 0 aliphatic rings. The van der Waals surface area contributed by atoms with Crippen molar-refractivity contribution in [1.82, 2.24) is 5.32 Å². The summed E-state index contributed by atoms with van der Waals surface area (Å²) in [6, 6.07) is 8.97. The Labute approximate surface area is 118 Å². The molecule has 0 saturated carbocycles. The Kier molecular flexibility index (Phi) is 6.65. The Hall–Kier alpha value is -2.52. The normalized spacial score (nSPS) is 10.6. The van der Waals surface area contributed by atoms with Gasteiger partial charge in [-0.25, -0.2) is 0 Å². The Morgan fingerprint density at radius 3 is 2.60 bits per heavy atom. The number of benzene rings is 1. The average Bonchev–Trinajstić information content (AvgIpc) is 2.49. The van der Waals surface area contributed by atoms with Gasteiger partial charge in [0.2, 0.25) is 0 Å². The van der Waals surface area contributed by atoms with Crippen LogP contribution in [0.2, 0.25) is 0 Å². The Morgan fingerprint density at radius 1 is 1.35 bits per heavy atom. The second-order valence-corrected chi connectivity index (χ2v) is 3.79. The van der Waals surface area contributed by atoms with E-state index in [4.69, 9.17) is 14.7 Å². The molecular weight excluding hydrogens is 258 g/mol. The first-order chi connectivity index (χ1) is 9.71. The molecule has 1 aromatic rings. The molecule has 0 aliphatic heterocycles. The van der Waals surface area contributed by atoms with Crippen molar-refractivity contribution in [3.63, 3.8) is 0 Å². The lowest BCUT2D eigenvalue weighted by atomic mass is 10.2. The number of methoxy groups -OCH3 is 2. The molecule has 0 aliphatic carbocycles. The number of hydrogen-bond acceptors (Lipinski definition) is 5. The van der Waals surface area contributed by atoms with Crippen LogP contribution >= 0.6 is 0 Å². The summed E-state index contributed by atoms with van der Waals surface area (Å²) < 4.78 is 9.85. The quantitative estimate of drug-likeness (QED) is 0.445. The van der Waals surface area contributed by atoms with Crippen molar-refractivity contribution >= 4 is 11.6 Å². The third-order valence-electron chi connectivity index (χ3n) is 2.43. The van der Waals surface area contributed by atoms with Gasteiger partial charge < -0.3 is 20.1 Å². The van der Waals surface area contributed by atoms with E-state index in [0.29, 0.717) is 13.2 Å². The molecule has 2 N–H and O–H groups in total. The van der Waals surface area contributed by atoms with Crippen LogP contribution in [-0.2, 0) is 9.53 Å². The van der Waals surface area contributed by atoms with Gasteiger partial charge in [-0.05, 0) is 24.3 Å². The second-order valence-electron chi connectivity index (χ2n) is 3.79. The number of hydrogen-bond donors (Lipinski definition) is 2. The van der Waals surface area contributed by atoms with Crippen LogP contribution in [0.5, 0.6) is 5.75 Å². The van der Waals surface area contributed by atoms with Crippen molar-refractivity contribution in [2.24, 2.45) is 0 Å². The zero-order valence-electron chi connectivity index (χ0n) is 11.5. The molecule has 0 atom stereocenters. The summed E-state index contributed by atoms with van der Waals surface area (Å²) in [6.07, 6.45) is 1.37. The molecule has 1 amide bonds. The SMILES string of the molecule is COCCNC(=O)/C(C#N)=C\Nc1ccc(OC)cc1. The summed E-state index contributed by atoms with van der Waals surface area (Å²) in [4.78, 5) is 11.7. The smallest absolute Gasteiger partial charge is 0.263 e. The van der Waals surface area contributed by atoms with Crippen molar-refractivity contribution < 1.29 is 14.3 Å². The Balaban J connectivity index is 2.60. The van der Waals surface area contributed by atoms with Gasteiger partial charge in [0.1, 0.15) is 17.4 Å².